The molecule has 0 radical (unpaired) electrons. The predicted molar refractivity (Wildman–Crippen MR) is 58.2 cm³/mol. The van der Waals surface area contributed by atoms with Gasteiger partial charge in [-0.25, -0.2) is 0 Å². The van der Waals surface area contributed by atoms with Crippen LogP contribution in [0.25, 0.3) is 0 Å². The van der Waals surface area contributed by atoms with Gasteiger partial charge in [0, 0.05) is 11.0 Å². The molecule has 1 aromatic carbocycles. The number of benzene rings is 1. The Bertz CT molecular complexity index is 276. The summed E-state index contributed by atoms with van der Waals surface area (Å²) in [6.07, 6.45) is 0. The van der Waals surface area contributed by atoms with Crippen molar-refractivity contribution < 1.29 is 4.74 Å². The largest absolute Gasteiger partial charge is 0.492 e. The van der Waals surface area contributed by atoms with E-state index in [1.807, 2.05) is 26.0 Å². The number of ether oxygens (including phenoxy) is 1. The van der Waals surface area contributed by atoms with Crippen LogP contribution in [-0.4, -0.2) is 13.2 Å². The monoisotopic (exact) mass is 243 g/mol. The van der Waals surface area contributed by atoms with E-state index in [4.69, 9.17) is 10.5 Å². The Morgan fingerprint density at radius 1 is 1.31 bits per heavy atom. The minimum atomic E-state index is 0.550. The number of rotatable bonds is 3. The van der Waals surface area contributed by atoms with E-state index < -0.39 is 0 Å². The van der Waals surface area contributed by atoms with Gasteiger partial charge in [-0.2, -0.15) is 0 Å². The fraction of sp³-hybridized carbons (Fsp3) is 0.400. The van der Waals surface area contributed by atoms with Crippen molar-refractivity contribution in [1.29, 1.82) is 0 Å². The first kappa shape index (κ1) is 10.5. The minimum absolute atomic E-state index is 0.550. The van der Waals surface area contributed by atoms with E-state index in [1.165, 1.54) is 11.1 Å². The zero-order valence-corrected chi connectivity index (χ0v) is 9.52. The highest BCUT2D eigenvalue weighted by Crippen LogP contribution is 2.26. The second kappa shape index (κ2) is 4.63. The third-order valence-corrected chi connectivity index (χ3v) is 3.05. The van der Waals surface area contributed by atoms with E-state index in [0.717, 1.165) is 10.2 Å². The van der Waals surface area contributed by atoms with Crippen molar-refractivity contribution in [2.75, 3.05) is 13.2 Å². The molecule has 1 rings (SSSR count). The third kappa shape index (κ3) is 2.71. The van der Waals surface area contributed by atoms with Crippen LogP contribution in [0.2, 0.25) is 0 Å². The quantitative estimate of drug-likeness (QED) is 0.886. The summed E-state index contributed by atoms with van der Waals surface area (Å²) in [5, 5.41) is 0. The number of aryl methyl sites for hydroxylation is 2. The van der Waals surface area contributed by atoms with E-state index in [1.54, 1.807) is 0 Å². The van der Waals surface area contributed by atoms with Gasteiger partial charge in [0.15, 0.2) is 0 Å². The summed E-state index contributed by atoms with van der Waals surface area (Å²) >= 11 is 3.50. The third-order valence-electron chi connectivity index (χ3n) is 1.80. The molecule has 0 saturated carbocycles. The van der Waals surface area contributed by atoms with E-state index in [9.17, 15) is 0 Å². The van der Waals surface area contributed by atoms with E-state index in [2.05, 4.69) is 15.9 Å². The Labute approximate surface area is 87.2 Å². The summed E-state index contributed by atoms with van der Waals surface area (Å²) in [7, 11) is 0. The van der Waals surface area contributed by atoms with Crippen LogP contribution in [0.5, 0.6) is 5.75 Å². The van der Waals surface area contributed by atoms with Crippen LogP contribution in [-0.2, 0) is 0 Å². The highest BCUT2D eigenvalue weighted by molar-refractivity contribution is 9.10. The summed E-state index contributed by atoms with van der Waals surface area (Å²) in [5.41, 5.74) is 7.72. The number of nitrogens with two attached hydrogens (primary N) is 1. The fourth-order valence-electron chi connectivity index (χ4n) is 1.17. The summed E-state index contributed by atoms with van der Waals surface area (Å²) in [5.74, 6) is 0.892. The summed E-state index contributed by atoms with van der Waals surface area (Å²) < 4.78 is 6.57. The van der Waals surface area contributed by atoms with Crippen molar-refractivity contribution in [3.05, 3.63) is 27.7 Å². The smallest absolute Gasteiger partial charge is 0.119 e. The number of hydrogen-bond acceptors (Lipinski definition) is 2. The van der Waals surface area contributed by atoms with Crippen molar-refractivity contribution in [3.63, 3.8) is 0 Å². The molecule has 0 aliphatic heterocycles. The molecule has 2 N–H and O–H groups in total. The Balaban J connectivity index is 2.86. The molecule has 0 aliphatic carbocycles. The van der Waals surface area contributed by atoms with Crippen LogP contribution < -0.4 is 10.5 Å². The first-order chi connectivity index (χ1) is 6.15. The van der Waals surface area contributed by atoms with Gasteiger partial charge in [0.25, 0.3) is 0 Å². The number of hydrogen-bond donors (Lipinski definition) is 1. The Hall–Kier alpha value is -0.540. The molecule has 0 heterocycles. The van der Waals surface area contributed by atoms with Gasteiger partial charge >= 0.3 is 0 Å². The van der Waals surface area contributed by atoms with Gasteiger partial charge in [0.05, 0.1) is 0 Å². The lowest BCUT2D eigenvalue weighted by Crippen LogP contribution is -2.10. The maximum atomic E-state index is 5.43. The van der Waals surface area contributed by atoms with E-state index >= 15 is 0 Å². The SMILES string of the molecule is Cc1cc(OCCN)cc(C)c1Br. The lowest BCUT2D eigenvalue weighted by Gasteiger charge is -2.08. The van der Waals surface area contributed by atoms with Gasteiger partial charge in [-0.15, -0.1) is 0 Å². The Kier molecular flexibility index (Phi) is 3.75. The normalized spacial score (nSPS) is 10.2. The van der Waals surface area contributed by atoms with Gasteiger partial charge in [0.2, 0.25) is 0 Å². The van der Waals surface area contributed by atoms with Crippen molar-refractivity contribution in [3.8, 4) is 5.75 Å². The molecule has 0 bridgehead atoms. The first-order valence-electron chi connectivity index (χ1n) is 4.24. The fourth-order valence-corrected chi connectivity index (χ4v) is 1.40. The van der Waals surface area contributed by atoms with Crippen LogP contribution in [0.1, 0.15) is 11.1 Å². The van der Waals surface area contributed by atoms with Crippen LogP contribution in [0, 0.1) is 13.8 Å². The van der Waals surface area contributed by atoms with Crippen molar-refractivity contribution >= 4 is 15.9 Å². The molecular weight excluding hydrogens is 230 g/mol. The molecule has 3 heteroatoms. The molecule has 2 nitrogen and oxygen atoms in total. The van der Waals surface area contributed by atoms with Gasteiger partial charge in [-0.05, 0) is 37.1 Å². The average molecular weight is 244 g/mol. The molecule has 0 atom stereocenters. The topological polar surface area (TPSA) is 35.2 Å². The Morgan fingerprint density at radius 2 is 1.85 bits per heavy atom. The minimum Gasteiger partial charge on any atom is -0.492 e. The first-order valence-corrected chi connectivity index (χ1v) is 5.04. The van der Waals surface area contributed by atoms with E-state index in [-0.39, 0.29) is 0 Å². The summed E-state index contributed by atoms with van der Waals surface area (Å²) in [6.45, 7) is 5.22. The predicted octanol–water partition coefficient (Wildman–Crippen LogP) is 2.40. The van der Waals surface area contributed by atoms with Crippen LogP contribution >= 0.6 is 15.9 Å². The van der Waals surface area contributed by atoms with Gasteiger partial charge in [0.1, 0.15) is 12.4 Å². The molecule has 1 aromatic rings. The van der Waals surface area contributed by atoms with Crippen LogP contribution in [0.15, 0.2) is 16.6 Å². The van der Waals surface area contributed by atoms with Gasteiger partial charge < -0.3 is 10.5 Å². The summed E-state index contributed by atoms with van der Waals surface area (Å²) in [6, 6.07) is 4.01. The lowest BCUT2D eigenvalue weighted by atomic mass is 10.1. The molecule has 0 aliphatic rings. The molecule has 0 saturated heterocycles. The molecule has 0 unspecified atom stereocenters. The standard InChI is InChI=1S/C10H14BrNO/c1-7-5-9(13-4-3-12)6-8(2)10(7)11/h5-6H,3-4,12H2,1-2H3. The summed E-state index contributed by atoms with van der Waals surface area (Å²) in [4.78, 5) is 0. The molecule has 13 heavy (non-hydrogen) atoms. The lowest BCUT2D eigenvalue weighted by molar-refractivity contribution is 0.328. The second-order valence-corrected chi connectivity index (χ2v) is 3.80. The molecule has 0 fully saturated rings. The van der Waals surface area contributed by atoms with Crippen LogP contribution in [0.3, 0.4) is 0 Å². The second-order valence-electron chi connectivity index (χ2n) is 3.01. The van der Waals surface area contributed by atoms with Gasteiger partial charge in [-0.1, -0.05) is 15.9 Å². The van der Waals surface area contributed by atoms with Crippen molar-refractivity contribution in [2.24, 2.45) is 5.73 Å². The van der Waals surface area contributed by atoms with Crippen molar-refractivity contribution in [2.45, 2.75) is 13.8 Å². The van der Waals surface area contributed by atoms with Crippen molar-refractivity contribution in [1.82, 2.24) is 0 Å². The Morgan fingerprint density at radius 3 is 2.31 bits per heavy atom. The molecular formula is C10H14BrNO. The van der Waals surface area contributed by atoms with E-state index in [0.29, 0.717) is 13.2 Å². The highest BCUT2D eigenvalue weighted by atomic mass is 79.9. The maximum absolute atomic E-state index is 5.43. The van der Waals surface area contributed by atoms with Crippen LogP contribution in [0.4, 0.5) is 0 Å². The maximum Gasteiger partial charge on any atom is 0.119 e. The number of halogens is 1. The molecule has 0 aromatic heterocycles. The highest BCUT2D eigenvalue weighted by Gasteiger charge is 2.02. The molecule has 72 valence electrons. The zero-order chi connectivity index (χ0) is 9.84. The molecule has 0 amide bonds. The average Bonchev–Trinajstić information content (AvgIpc) is 2.10. The zero-order valence-electron chi connectivity index (χ0n) is 7.93. The molecule has 0 spiro atoms. The van der Waals surface area contributed by atoms with Gasteiger partial charge in [-0.3, -0.25) is 0 Å².